The first-order chi connectivity index (χ1) is 13.0. The number of carbonyl (C=O) groups is 2. The van der Waals surface area contributed by atoms with Gasteiger partial charge in [-0.2, -0.15) is 0 Å². The summed E-state index contributed by atoms with van der Waals surface area (Å²) in [7, 11) is 1.60. The van der Waals surface area contributed by atoms with E-state index in [9.17, 15) is 9.59 Å². The molecule has 0 fully saturated rings. The number of benzene rings is 2. The number of nitrogens with one attached hydrogen (secondary N) is 1. The van der Waals surface area contributed by atoms with E-state index in [1.54, 1.807) is 13.1 Å². The van der Waals surface area contributed by atoms with Crippen LogP contribution >= 0.6 is 0 Å². The summed E-state index contributed by atoms with van der Waals surface area (Å²) in [6.07, 6.45) is 4.14. The molecular formula is C22H26N2O3. The molecule has 2 aromatic rings. The molecule has 0 saturated carbocycles. The number of hydrogen-bond acceptors (Lipinski definition) is 3. The van der Waals surface area contributed by atoms with Crippen molar-refractivity contribution in [3.8, 4) is 5.75 Å². The Bertz CT molecular complexity index is 780. The standard InChI is InChI=1S/C22H26N2O3/c1-4-15-27-20-12-7-18(8-13-20)9-14-22(26)24(3)16-21(25)23-19-10-5-17(2)6-11-19/h5-14H,4,15-16H2,1-3H3,(H,23,25)/b14-9+. The van der Waals surface area contributed by atoms with Gasteiger partial charge in [-0.05, 0) is 49.2 Å². The second-order valence-electron chi connectivity index (χ2n) is 6.36. The van der Waals surface area contributed by atoms with Gasteiger partial charge in [-0.1, -0.05) is 36.8 Å². The third-order valence-electron chi connectivity index (χ3n) is 3.86. The van der Waals surface area contributed by atoms with E-state index in [0.29, 0.717) is 12.3 Å². The highest BCUT2D eigenvalue weighted by molar-refractivity contribution is 5.97. The van der Waals surface area contributed by atoms with Crippen molar-refractivity contribution >= 4 is 23.6 Å². The molecule has 0 bridgehead atoms. The second-order valence-corrected chi connectivity index (χ2v) is 6.36. The van der Waals surface area contributed by atoms with Gasteiger partial charge in [0.05, 0.1) is 13.2 Å². The molecule has 0 aliphatic carbocycles. The van der Waals surface area contributed by atoms with E-state index >= 15 is 0 Å². The van der Waals surface area contributed by atoms with E-state index in [2.05, 4.69) is 12.2 Å². The molecule has 27 heavy (non-hydrogen) atoms. The van der Waals surface area contributed by atoms with Crippen molar-refractivity contribution in [3.63, 3.8) is 0 Å². The Morgan fingerprint density at radius 1 is 1.07 bits per heavy atom. The molecule has 1 N–H and O–H groups in total. The van der Waals surface area contributed by atoms with Gasteiger partial charge in [0.15, 0.2) is 0 Å². The van der Waals surface area contributed by atoms with Crippen LogP contribution in [0.5, 0.6) is 5.75 Å². The predicted octanol–water partition coefficient (Wildman–Crippen LogP) is 3.89. The van der Waals surface area contributed by atoms with Crippen molar-refractivity contribution in [3.05, 3.63) is 65.7 Å². The number of anilines is 1. The van der Waals surface area contributed by atoms with E-state index in [1.807, 2.05) is 55.5 Å². The normalized spacial score (nSPS) is 10.6. The zero-order valence-corrected chi connectivity index (χ0v) is 16.1. The summed E-state index contributed by atoms with van der Waals surface area (Å²) >= 11 is 0. The first kappa shape index (κ1) is 20.2. The summed E-state index contributed by atoms with van der Waals surface area (Å²) in [6, 6.07) is 15.0. The maximum Gasteiger partial charge on any atom is 0.246 e. The molecule has 0 atom stereocenters. The van der Waals surface area contributed by atoms with Gasteiger partial charge in [0.1, 0.15) is 5.75 Å². The van der Waals surface area contributed by atoms with Gasteiger partial charge in [-0.25, -0.2) is 0 Å². The minimum Gasteiger partial charge on any atom is -0.494 e. The number of likely N-dealkylation sites (N-methyl/N-ethyl adjacent to an activating group) is 1. The maximum absolute atomic E-state index is 12.2. The van der Waals surface area contributed by atoms with Crippen LogP contribution in [0.15, 0.2) is 54.6 Å². The molecule has 5 heteroatoms. The van der Waals surface area contributed by atoms with Crippen molar-refractivity contribution in [1.29, 1.82) is 0 Å². The molecular weight excluding hydrogens is 340 g/mol. The van der Waals surface area contributed by atoms with Crippen molar-refractivity contribution in [2.45, 2.75) is 20.3 Å². The van der Waals surface area contributed by atoms with E-state index in [1.165, 1.54) is 11.0 Å². The smallest absolute Gasteiger partial charge is 0.246 e. The number of hydrogen-bond donors (Lipinski definition) is 1. The van der Waals surface area contributed by atoms with E-state index in [-0.39, 0.29) is 18.4 Å². The maximum atomic E-state index is 12.2. The van der Waals surface area contributed by atoms with Gasteiger partial charge in [-0.15, -0.1) is 0 Å². The lowest BCUT2D eigenvalue weighted by molar-refractivity contribution is -0.129. The molecule has 2 aromatic carbocycles. The zero-order valence-electron chi connectivity index (χ0n) is 16.1. The Kier molecular flexibility index (Phi) is 7.62. The van der Waals surface area contributed by atoms with Crippen molar-refractivity contribution < 1.29 is 14.3 Å². The molecule has 0 aliphatic heterocycles. The van der Waals surface area contributed by atoms with Gasteiger partial charge < -0.3 is 15.0 Å². The van der Waals surface area contributed by atoms with Gasteiger partial charge in [0.25, 0.3) is 0 Å². The average Bonchev–Trinajstić information content (AvgIpc) is 2.67. The summed E-state index contributed by atoms with van der Waals surface area (Å²) in [5.74, 6) is 0.339. The number of rotatable bonds is 8. The van der Waals surface area contributed by atoms with Crippen LogP contribution in [0.25, 0.3) is 6.08 Å². The Morgan fingerprint density at radius 3 is 2.37 bits per heavy atom. The third-order valence-corrected chi connectivity index (χ3v) is 3.86. The van der Waals surface area contributed by atoms with Gasteiger partial charge in [0, 0.05) is 18.8 Å². The van der Waals surface area contributed by atoms with Crippen LogP contribution < -0.4 is 10.1 Å². The highest BCUT2D eigenvalue weighted by atomic mass is 16.5. The number of carbonyl (C=O) groups excluding carboxylic acids is 2. The summed E-state index contributed by atoms with van der Waals surface area (Å²) in [4.78, 5) is 25.6. The predicted molar refractivity (Wildman–Crippen MR) is 109 cm³/mol. The Balaban J connectivity index is 1.84. The number of nitrogens with zero attached hydrogens (tertiary/aromatic N) is 1. The fraction of sp³-hybridized carbons (Fsp3) is 0.273. The molecule has 0 aromatic heterocycles. The fourth-order valence-electron chi connectivity index (χ4n) is 2.32. The second kappa shape index (κ2) is 10.2. The molecule has 0 spiro atoms. The number of amides is 2. The van der Waals surface area contributed by atoms with Gasteiger partial charge in [-0.3, -0.25) is 9.59 Å². The highest BCUT2D eigenvalue weighted by Gasteiger charge is 2.10. The summed E-state index contributed by atoms with van der Waals surface area (Å²) < 4.78 is 5.53. The summed E-state index contributed by atoms with van der Waals surface area (Å²) in [6.45, 7) is 4.71. The van der Waals surface area contributed by atoms with Gasteiger partial charge in [0.2, 0.25) is 11.8 Å². The molecule has 0 radical (unpaired) electrons. The van der Waals surface area contributed by atoms with E-state index in [0.717, 1.165) is 23.3 Å². The molecule has 0 unspecified atom stereocenters. The van der Waals surface area contributed by atoms with Crippen molar-refractivity contribution in [2.24, 2.45) is 0 Å². The van der Waals surface area contributed by atoms with Crippen LogP contribution in [0, 0.1) is 6.92 Å². The summed E-state index contributed by atoms with van der Waals surface area (Å²) in [5, 5.41) is 2.78. The van der Waals surface area contributed by atoms with Crippen LogP contribution in [0.4, 0.5) is 5.69 Å². The van der Waals surface area contributed by atoms with Gasteiger partial charge >= 0.3 is 0 Å². The molecule has 5 nitrogen and oxygen atoms in total. The number of aryl methyl sites for hydroxylation is 1. The topological polar surface area (TPSA) is 58.6 Å². The largest absolute Gasteiger partial charge is 0.494 e. The molecule has 142 valence electrons. The lowest BCUT2D eigenvalue weighted by atomic mass is 10.2. The molecule has 2 rings (SSSR count). The van der Waals surface area contributed by atoms with Crippen LogP contribution in [0.3, 0.4) is 0 Å². The SMILES string of the molecule is CCCOc1ccc(/C=C/C(=O)N(C)CC(=O)Nc2ccc(C)cc2)cc1. The zero-order chi connectivity index (χ0) is 19.6. The van der Waals surface area contributed by atoms with Crippen LogP contribution in [-0.2, 0) is 9.59 Å². The Morgan fingerprint density at radius 2 is 1.74 bits per heavy atom. The van der Waals surface area contributed by atoms with Crippen LogP contribution in [0.2, 0.25) is 0 Å². The fourth-order valence-corrected chi connectivity index (χ4v) is 2.32. The van der Waals surface area contributed by atoms with E-state index < -0.39 is 0 Å². The lowest BCUT2D eigenvalue weighted by Crippen LogP contribution is -2.33. The van der Waals surface area contributed by atoms with E-state index in [4.69, 9.17) is 4.74 Å². The average molecular weight is 366 g/mol. The minimum absolute atomic E-state index is 0.0131. The first-order valence-electron chi connectivity index (χ1n) is 9.00. The first-order valence-corrected chi connectivity index (χ1v) is 9.00. The molecule has 0 saturated heterocycles. The summed E-state index contributed by atoms with van der Waals surface area (Å²) in [5.41, 5.74) is 2.73. The Hall–Kier alpha value is -3.08. The molecule has 2 amide bonds. The number of ether oxygens (including phenoxy) is 1. The van der Waals surface area contributed by atoms with Crippen LogP contribution in [0.1, 0.15) is 24.5 Å². The Labute approximate surface area is 160 Å². The monoisotopic (exact) mass is 366 g/mol. The highest BCUT2D eigenvalue weighted by Crippen LogP contribution is 2.13. The lowest BCUT2D eigenvalue weighted by Gasteiger charge is -2.15. The quantitative estimate of drug-likeness (QED) is 0.721. The minimum atomic E-state index is -0.236. The molecule has 0 heterocycles. The van der Waals surface area contributed by atoms with Crippen LogP contribution in [-0.4, -0.2) is 36.9 Å². The van der Waals surface area contributed by atoms with Crippen molar-refractivity contribution in [2.75, 3.05) is 25.5 Å². The molecule has 0 aliphatic rings. The van der Waals surface area contributed by atoms with Crippen molar-refractivity contribution in [1.82, 2.24) is 4.90 Å². The third kappa shape index (κ3) is 6.98.